The molecule has 0 spiro atoms. The van der Waals surface area contributed by atoms with Crippen LogP contribution in [-0.4, -0.2) is 15.8 Å². The zero-order valence-corrected chi connectivity index (χ0v) is 13.1. The fourth-order valence-corrected chi connectivity index (χ4v) is 3.04. The number of carbonyl (C=O) groups is 1. The summed E-state index contributed by atoms with van der Waals surface area (Å²) in [6.45, 7) is 2.45. The van der Waals surface area contributed by atoms with Crippen molar-refractivity contribution in [2.24, 2.45) is 7.05 Å². The summed E-state index contributed by atoms with van der Waals surface area (Å²) in [5.41, 5.74) is 5.53. The molecule has 3 rings (SSSR count). The second-order valence-corrected chi connectivity index (χ2v) is 5.83. The molecule has 1 aliphatic rings. The molecule has 0 saturated carbocycles. The lowest BCUT2D eigenvalue weighted by molar-refractivity contribution is 0.251. The van der Waals surface area contributed by atoms with Crippen LogP contribution in [0.1, 0.15) is 35.4 Å². The minimum atomic E-state index is -0.190. The normalized spacial score (nSPS) is 13.5. The maximum Gasteiger partial charge on any atom is 0.319 e. The number of para-hydroxylation sites is 1. The van der Waals surface area contributed by atoms with Crippen LogP contribution in [0, 0.1) is 6.92 Å². The lowest BCUT2D eigenvalue weighted by Gasteiger charge is -2.13. The third kappa shape index (κ3) is 2.98. The number of aromatic nitrogens is 2. The van der Waals surface area contributed by atoms with E-state index in [0.717, 1.165) is 29.8 Å². The fourth-order valence-electron chi connectivity index (χ4n) is 3.04. The van der Waals surface area contributed by atoms with Crippen LogP contribution in [0.5, 0.6) is 0 Å². The number of hydrogen-bond donors (Lipinski definition) is 2. The van der Waals surface area contributed by atoms with Gasteiger partial charge in [0, 0.05) is 18.4 Å². The maximum atomic E-state index is 12.1. The summed E-state index contributed by atoms with van der Waals surface area (Å²) in [6, 6.07) is 7.56. The highest BCUT2D eigenvalue weighted by molar-refractivity contribution is 5.89. The van der Waals surface area contributed by atoms with E-state index >= 15 is 0 Å². The lowest BCUT2D eigenvalue weighted by Crippen LogP contribution is -2.29. The van der Waals surface area contributed by atoms with Crippen LogP contribution in [0.2, 0.25) is 0 Å². The monoisotopic (exact) mass is 298 g/mol. The Kier molecular flexibility index (Phi) is 4.13. The van der Waals surface area contributed by atoms with Gasteiger partial charge in [-0.1, -0.05) is 18.2 Å². The summed E-state index contributed by atoms with van der Waals surface area (Å²) >= 11 is 0. The minimum absolute atomic E-state index is 0.190. The van der Waals surface area contributed by atoms with Crippen molar-refractivity contribution in [3.05, 3.63) is 46.8 Å². The minimum Gasteiger partial charge on any atom is -0.332 e. The number of aryl methyl sites for hydroxylation is 2. The number of nitrogens with one attached hydrogen (secondary N) is 2. The number of benzene rings is 1. The van der Waals surface area contributed by atoms with Crippen molar-refractivity contribution >= 4 is 11.7 Å². The van der Waals surface area contributed by atoms with Gasteiger partial charge in [0.15, 0.2) is 0 Å². The first-order valence-corrected chi connectivity index (χ1v) is 7.79. The van der Waals surface area contributed by atoms with Gasteiger partial charge >= 0.3 is 6.03 Å². The molecule has 1 aromatic carbocycles. The average molecular weight is 298 g/mol. The number of urea groups is 1. The van der Waals surface area contributed by atoms with Gasteiger partial charge in [-0.05, 0) is 49.8 Å². The van der Waals surface area contributed by atoms with E-state index in [4.69, 9.17) is 0 Å². The van der Waals surface area contributed by atoms with Crippen LogP contribution < -0.4 is 10.6 Å². The molecule has 1 aliphatic carbocycles. The second kappa shape index (κ2) is 6.22. The Morgan fingerprint density at radius 1 is 1.27 bits per heavy atom. The predicted molar refractivity (Wildman–Crippen MR) is 86.9 cm³/mol. The molecule has 22 heavy (non-hydrogen) atoms. The number of carbonyl (C=O) groups excluding carboxylic acids is 1. The van der Waals surface area contributed by atoms with Crippen LogP contribution in [0.25, 0.3) is 0 Å². The molecule has 0 bridgehead atoms. The molecule has 2 amide bonds. The van der Waals surface area contributed by atoms with Crippen molar-refractivity contribution < 1.29 is 4.79 Å². The van der Waals surface area contributed by atoms with Crippen LogP contribution >= 0.6 is 0 Å². The molecule has 0 saturated heterocycles. The molecule has 0 aliphatic heterocycles. The Morgan fingerprint density at radius 3 is 2.86 bits per heavy atom. The number of amides is 2. The quantitative estimate of drug-likeness (QED) is 0.915. The average Bonchev–Trinajstić information content (AvgIpc) is 2.85. The SMILES string of the molecule is Cc1ccccc1NC(=O)NCc1nn(C)c2c1CCCC2. The zero-order chi connectivity index (χ0) is 15.5. The number of fused-ring (bicyclic) bond motifs is 1. The van der Waals surface area contributed by atoms with Crippen molar-refractivity contribution in [1.29, 1.82) is 0 Å². The number of nitrogens with zero attached hydrogens (tertiary/aromatic N) is 2. The van der Waals surface area contributed by atoms with Crippen molar-refractivity contribution in [3.63, 3.8) is 0 Å². The third-order valence-electron chi connectivity index (χ3n) is 4.26. The van der Waals surface area contributed by atoms with Gasteiger partial charge in [-0.15, -0.1) is 0 Å². The van der Waals surface area contributed by atoms with Crippen LogP contribution in [0.4, 0.5) is 10.5 Å². The summed E-state index contributed by atoms with van der Waals surface area (Å²) in [5, 5.41) is 10.4. The molecule has 1 heterocycles. The Morgan fingerprint density at radius 2 is 2.05 bits per heavy atom. The molecular formula is C17H22N4O. The van der Waals surface area contributed by atoms with E-state index in [0.29, 0.717) is 6.54 Å². The molecule has 0 radical (unpaired) electrons. The van der Waals surface area contributed by atoms with E-state index in [9.17, 15) is 4.79 Å². The third-order valence-corrected chi connectivity index (χ3v) is 4.26. The number of hydrogen-bond acceptors (Lipinski definition) is 2. The highest BCUT2D eigenvalue weighted by Crippen LogP contribution is 2.23. The first kappa shape index (κ1) is 14.6. The van der Waals surface area contributed by atoms with Crippen molar-refractivity contribution in [1.82, 2.24) is 15.1 Å². The standard InChI is InChI=1S/C17H22N4O/c1-12-7-3-5-9-14(12)19-17(22)18-11-15-13-8-4-6-10-16(13)21(2)20-15/h3,5,7,9H,4,6,8,10-11H2,1-2H3,(H2,18,19,22). The highest BCUT2D eigenvalue weighted by atomic mass is 16.2. The van der Waals surface area contributed by atoms with Gasteiger partial charge in [0.2, 0.25) is 0 Å². The van der Waals surface area contributed by atoms with E-state index in [1.165, 1.54) is 24.1 Å². The van der Waals surface area contributed by atoms with Gasteiger partial charge < -0.3 is 10.6 Å². The molecule has 2 N–H and O–H groups in total. The van der Waals surface area contributed by atoms with E-state index in [-0.39, 0.29) is 6.03 Å². The second-order valence-electron chi connectivity index (χ2n) is 5.83. The van der Waals surface area contributed by atoms with Gasteiger partial charge in [-0.3, -0.25) is 4.68 Å². The Balaban J connectivity index is 1.63. The van der Waals surface area contributed by atoms with Crippen LogP contribution in [0.3, 0.4) is 0 Å². The predicted octanol–water partition coefficient (Wildman–Crippen LogP) is 2.93. The number of rotatable bonds is 3. The summed E-state index contributed by atoms with van der Waals surface area (Å²) in [4.78, 5) is 12.1. The summed E-state index contributed by atoms with van der Waals surface area (Å²) < 4.78 is 1.96. The van der Waals surface area contributed by atoms with Crippen LogP contribution in [0.15, 0.2) is 24.3 Å². The van der Waals surface area contributed by atoms with Gasteiger partial charge in [-0.25, -0.2) is 4.79 Å². The summed E-state index contributed by atoms with van der Waals surface area (Å²) in [5.74, 6) is 0. The molecule has 5 heteroatoms. The molecule has 0 unspecified atom stereocenters. The van der Waals surface area contributed by atoms with Gasteiger partial charge in [0.1, 0.15) is 0 Å². The van der Waals surface area contributed by atoms with Crippen molar-refractivity contribution in [2.45, 2.75) is 39.2 Å². The number of anilines is 1. The zero-order valence-electron chi connectivity index (χ0n) is 13.1. The molecule has 2 aromatic rings. The molecule has 0 fully saturated rings. The highest BCUT2D eigenvalue weighted by Gasteiger charge is 2.19. The van der Waals surface area contributed by atoms with E-state index in [1.54, 1.807) is 0 Å². The molecule has 1 aromatic heterocycles. The Bertz CT molecular complexity index is 690. The molecule has 116 valence electrons. The van der Waals surface area contributed by atoms with E-state index in [2.05, 4.69) is 15.7 Å². The Labute approximate surface area is 130 Å². The molecule has 5 nitrogen and oxygen atoms in total. The summed E-state index contributed by atoms with van der Waals surface area (Å²) in [6.07, 6.45) is 4.60. The van der Waals surface area contributed by atoms with Crippen LogP contribution in [-0.2, 0) is 26.4 Å². The molecule has 0 atom stereocenters. The molecular weight excluding hydrogens is 276 g/mol. The van der Waals surface area contributed by atoms with Crippen molar-refractivity contribution in [2.75, 3.05) is 5.32 Å². The largest absolute Gasteiger partial charge is 0.332 e. The first-order valence-electron chi connectivity index (χ1n) is 7.79. The lowest BCUT2D eigenvalue weighted by atomic mass is 9.96. The fraction of sp³-hybridized carbons (Fsp3) is 0.412. The first-order chi connectivity index (χ1) is 10.6. The van der Waals surface area contributed by atoms with E-state index < -0.39 is 0 Å². The van der Waals surface area contributed by atoms with E-state index in [1.807, 2.05) is 42.9 Å². The smallest absolute Gasteiger partial charge is 0.319 e. The summed E-state index contributed by atoms with van der Waals surface area (Å²) in [7, 11) is 1.99. The van der Waals surface area contributed by atoms with Gasteiger partial charge in [0.05, 0.1) is 12.2 Å². The topological polar surface area (TPSA) is 59.0 Å². The van der Waals surface area contributed by atoms with Gasteiger partial charge in [-0.2, -0.15) is 5.10 Å². The van der Waals surface area contributed by atoms with Crippen molar-refractivity contribution in [3.8, 4) is 0 Å². The Hall–Kier alpha value is -2.30. The maximum absolute atomic E-state index is 12.1. The van der Waals surface area contributed by atoms with Gasteiger partial charge in [0.25, 0.3) is 0 Å².